The van der Waals surface area contributed by atoms with E-state index in [2.05, 4.69) is 19.9 Å². The first-order valence-electron chi connectivity index (χ1n) is 6.06. The average Bonchev–Trinajstić information content (AvgIpc) is 2.93. The third kappa shape index (κ3) is 2.81. The predicted molar refractivity (Wildman–Crippen MR) is 77.9 cm³/mol. The smallest absolute Gasteiger partial charge is 0.223 e. The summed E-state index contributed by atoms with van der Waals surface area (Å²) in [5.74, 6) is 0.608. The van der Waals surface area contributed by atoms with Crippen molar-refractivity contribution in [1.29, 1.82) is 0 Å². The molecule has 3 rings (SSSR count). The lowest BCUT2D eigenvalue weighted by molar-refractivity contribution is -0.991. The fourth-order valence-electron chi connectivity index (χ4n) is 1.93. The van der Waals surface area contributed by atoms with E-state index in [1.165, 1.54) is 18.1 Å². The Morgan fingerprint density at radius 2 is 2.14 bits per heavy atom. The zero-order chi connectivity index (χ0) is 14.8. The van der Waals surface area contributed by atoms with Crippen molar-refractivity contribution in [3.05, 3.63) is 41.4 Å². The fourth-order valence-corrected chi connectivity index (χ4v) is 2.92. The molecule has 0 aliphatic carbocycles. The summed E-state index contributed by atoms with van der Waals surface area (Å²) in [6.45, 7) is 0. The third-order valence-electron chi connectivity index (χ3n) is 2.88. The molecule has 5 N–H and O–H groups in total. The Labute approximate surface area is 123 Å². The third-order valence-corrected chi connectivity index (χ3v) is 3.91. The molecule has 0 aliphatic rings. The van der Waals surface area contributed by atoms with Gasteiger partial charge in [0.25, 0.3) is 0 Å². The van der Waals surface area contributed by atoms with Gasteiger partial charge in [0.05, 0.1) is 6.33 Å². The van der Waals surface area contributed by atoms with Crippen LogP contribution < -0.4 is 11.0 Å². The fraction of sp³-hybridized carbons (Fsp3) is 0.0833. The summed E-state index contributed by atoms with van der Waals surface area (Å²) in [6.07, 6.45) is 1.52. The number of hydrogen-bond donors (Lipinski definition) is 4. The average molecular weight is 304 g/mol. The van der Waals surface area contributed by atoms with Gasteiger partial charge in [-0.1, -0.05) is 30.0 Å². The molecule has 1 aromatic carbocycles. The molecular weight excluding hydrogens is 292 g/mol. The van der Waals surface area contributed by atoms with Gasteiger partial charge >= 0.3 is 0 Å². The minimum Gasteiger partial charge on any atom is -0.595 e. The van der Waals surface area contributed by atoms with Gasteiger partial charge in [-0.25, -0.2) is 15.2 Å². The highest BCUT2D eigenvalue weighted by atomic mass is 32.2. The van der Waals surface area contributed by atoms with Crippen LogP contribution in [0.2, 0.25) is 0 Å². The molecule has 1 unspecified atom stereocenters. The number of aromatic amines is 1. The summed E-state index contributed by atoms with van der Waals surface area (Å²) in [6, 6.07) is 6.87. The monoisotopic (exact) mass is 304 g/mol. The number of aromatic nitrogens is 4. The maximum atomic E-state index is 11.2. The second-order valence-electron chi connectivity index (χ2n) is 4.24. The second kappa shape index (κ2) is 5.66. The molecule has 1 atom stereocenters. The number of nitrogens with zero attached hydrogens (tertiary/aromatic N) is 3. The molecule has 2 aromatic heterocycles. The standard InChI is InChI=1S/C12H12N6O2S/c13-12-16-10-9(14-6-15-10)11(17-12)21-5-7-3-1-2-4-8(7)18(19)20/h1-4,6,18-19H,5H2,(H3,13,14,15,16,17). The number of thioether (sulfide) groups is 1. The second-order valence-corrected chi connectivity index (χ2v) is 5.20. The van der Waals surface area contributed by atoms with Crippen LogP contribution in [-0.4, -0.2) is 25.1 Å². The van der Waals surface area contributed by atoms with Gasteiger partial charge < -0.3 is 15.9 Å². The number of H-pyrrole nitrogens is 1. The molecule has 0 radical (unpaired) electrons. The number of nitrogen functional groups attached to an aromatic ring is 1. The molecule has 8 nitrogen and oxygen atoms in total. The van der Waals surface area contributed by atoms with E-state index in [4.69, 9.17) is 5.73 Å². The predicted octanol–water partition coefficient (Wildman–Crippen LogP) is 0.631. The van der Waals surface area contributed by atoms with Gasteiger partial charge in [0, 0.05) is 17.4 Å². The highest BCUT2D eigenvalue weighted by molar-refractivity contribution is 7.98. The Morgan fingerprint density at radius 3 is 2.95 bits per heavy atom. The molecule has 108 valence electrons. The Bertz CT molecular complexity index is 775. The van der Waals surface area contributed by atoms with Gasteiger partial charge in [0.2, 0.25) is 5.95 Å². The molecule has 21 heavy (non-hydrogen) atoms. The first-order chi connectivity index (χ1) is 10.1. The van der Waals surface area contributed by atoms with Crippen molar-refractivity contribution in [2.45, 2.75) is 10.8 Å². The van der Waals surface area contributed by atoms with Gasteiger partial charge in [0.15, 0.2) is 11.3 Å². The van der Waals surface area contributed by atoms with Gasteiger partial charge in [-0.3, -0.25) is 0 Å². The van der Waals surface area contributed by atoms with Crippen LogP contribution in [0.25, 0.3) is 11.2 Å². The molecular formula is C12H12N6O2S. The lowest BCUT2D eigenvalue weighted by Crippen LogP contribution is -2.99. The van der Waals surface area contributed by atoms with Crippen molar-refractivity contribution in [1.82, 2.24) is 19.9 Å². The van der Waals surface area contributed by atoms with Crippen LogP contribution in [-0.2, 0) is 5.75 Å². The molecule has 0 aliphatic heterocycles. The number of rotatable bonds is 4. The molecule has 0 fully saturated rings. The molecule has 3 aromatic rings. The van der Waals surface area contributed by atoms with Crippen molar-refractivity contribution >= 4 is 34.6 Å². The van der Waals surface area contributed by atoms with Crippen molar-refractivity contribution in [2.75, 3.05) is 5.73 Å². The summed E-state index contributed by atoms with van der Waals surface area (Å²) in [7, 11) is 0. The van der Waals surface area contributed by atoms with E-state index in [-0.39, 0.29) is 11.6 Å². The van der Waals surface area contributed by atoms with E-state index in [9.17, 15) is 10.4 Å². The number of nitrogens with one attached hydrogen (secondary N) is 2. The lowest BCUT2D eigenvalue weighted by Gasteiger charge is -2.15. The Kier molecular flexibility index (Phi) is 3.71. The summed E-state index contributed by atoms with van der Waals surface area (Å²) in [4.78, 5) is 15.2. The highest BCUT2D eigenvalue weighted by Gasteiger charge is 2.12. The van der Waals surface area contributed by atoms with E-state index in [0.29, 0.717) is 21.9 Å². The van der Waals surface area contributed by atoms with E-state index >= 15 is 0 Å². The SMILES string of the molecule is Nc1nc(SCc2ccccc2[NH+]([O-])O)c2[nH]cnc2n1. The highest BCUT2D eigenvalue weighted by Crippen LogP contribution is 2.28. The van der Waals surface area contributed by atoms with Gasteiger partial charge in [-0.05, 0) is 0 Å². The topological polar surface area (TPSA) is 128 Å². The van der Waals surface area contributed by atoms with Crippen LogP contribution in [0.3, 0.4) is 0 Å². The van der Waals surface area contributed by atoms with Crippen LogP contribution in [0.5, 0.6) is 0 Å². The first kappa shape index (κ1) is 13.8. The number of fused-ring (bicyclic) bond motifs is 1. The first-order valence-corrected chi connectivity index (χ1v) is 7.04. The largest absolute Gasteiger partial charge is 0.595 e. The van der Waals surface area contributed by atoms with Crippen LogP contribution in [0.15, 0.2) is 35.6 Å². The Balaban J connectivity index is 1.89. The summed E-state index contributed by atoms with van der Waals surface area (Å²) < 4.78 is 0. The zero-order valence-electron chi connectivity index (χ0n) is 10.8. The minimum atomic E-state index is -0.944. The Hall–Kier alpha value is -2.20. The van der Waals surface area contributed by atoms with Gasteiger partial charge in [-0.2, -0.15) is 10.2 Å². The van der Waals surface area contributed by atoms with Crippen molar-refractivity contribution in [3.8, 4) is 0 Å². The Morgan fingerprint density at radius 1 is 1.33 bits per heavy atom. The van der Waals surface area contributed by atoms with Crippen molar-refractivity contribution in [3.63, 3.8) is 0 Å². The van der Waals surface area contributed by atoms with Crippen LogP contribution in [0, 0.1) is 5.21 Å². The minimum absolute atomic E-state index is 0.142. The molecule has 0 bridgehead atoms. The molecule has 0 amide bonds. The van der Waals surface area contributed by atoms with Gasteiger partial charge in [-0.15, -0.1) is 0 Å². The number of hydrogen-bond acceptors (Lipinski definition) is 7. The van der Waals surface area contributed by atoms with Crippen molar-refractivity contribution in [2.24, 2.45) is 0 Å². The number of benzene rings is 1. The maximum absolute atomic E-state index is 11.2. The molecule has 9 heteroatoms. The number of imidazole rings is 1. The molecule has 2 heterocycles. The number of anilines is 1. The van der Waals surface area contributed by atoms with E-state index < -0.39 is 5.23 Å². The summed E-state index contributed by atoms with van der Waals surface area (Å²) in [5.41, 5.74) is 7.85. The maximum Gasteiger partial charge on any atom is 0.223 e. The normalized spacial score (nSPS) is 12.7. The lowest BCUT2D eigenvalue weighted by atomic mass is 10.2. The van der Waals surface area contributed by atoms with Crippen molar-refractivity contribution < 1.29 is 10.4 Å². The van der Waals surface area contributed by atoms with Gasteiger partial charge in [0.1, 0.15) is 10.5 Å². The number of nitrogens with two attached hydrogens (primary N) is 1. The summed E-state index contributed by atoms with van der Waals surface area (Å²) in [5, 5.41) is 20.1. The zero-order valence-corrected chi connectivity index (χ0v) is 11.6. The molecule has 0 saturated heterocycles. The van der Waals surface area contributed by atoms with Crippen LogP contribution >= 0.6 is 11.8 Å². The van der Waals surface area contributed by atoms with Crippen LogP contribution in [0.4, 0.5) is 11.6 Å². The quantitative estimate of drug-likeness (QED) is 0.316. The van der Waals surface area contributed by atoms with E-state index in [0.717, 1.165) is 5.56 Å². The molecule has 0 saturated carbocycles. The number of quaternary nitrogens is 1. The number of para-hydroxylation sites is 1. The summed E-state index contributed by atoms with van der Waals surface area (Å²) >= 11 is 1.39. The van der Waals surface area contributed by atoms with E-state index in [1.54, 1.807) is 18.2 Å². The van der Waals surface area contributed by atoms with Crippen LogP contribution in [0.1, 0.15) is 5.56 Å². The van der Waals surface area contributed by atoms with E-state index in [1.807, 2.05) is 6.07 Å². The molecule has 0 spiro atoms.